The fraction of sp³-hybridized carbons (Fsp3) is 1.00. The first-order valence-electron chi connectivity index (χ1n) is 9.47. The molecular formula is C19H38N2. The summed E-state index contributed by atoms with van der Waals surface area (Å²) in [4.78, 5) is 2.72. The van der Waals surface area contributed by atoms with E-state index >= 15 is 0 Å². The number of rotatable bonds is 7. The van der Waals surface area contributed by atoms with Gasteiger partial charge in [-0.3, -0.25) is 0 Å². The minimum absolute atomic E-state index is 0.697. The van der Waals surface area contributed by atoms with Gasteiger partial charge in [0.25, 0.3) is 0 Å². The van der Waals surface area contributed by atoms with Crippen LogP contribution in [0.1, 0.15) is 73.1 Å². The Labute approximate surface area is 133 Å². The van der Waals surface area contributed by atoms with Crippen LogP contribution in [0.5, 0.6) is 0 Å². The largest absolute Gasteiger partial charge is 0.311 e. The van der Waals surface area contributed by atoms with Crippen molar-refractivity contribution in [1.29, 1.82) is 0 Å². The number of nitrogens with one attached hydrogen (secondary N) is 1. The van der Waals surface area contributed by atoms with Crippen molar-refractivity contribution in [1.82, 2.24) is 10.2 Å². The molecule has 1 heterocycles. The van der Waals surface area contributed by atoms with Gasteiger partial charge < -0.3 is 10.2 Å². The molecule has 1 saturated heterocycles. The van der Waals surface area contributed by atoms with Gasteiger partial charge in [0.1, 0.15) is 0 Å². The van der Waals surface area contributed by atoms with Gasteiger partial charge in [-0.15, -0.1) is 0 Å². The third-order valence-corrected chi connectivity index (χ3v) is 5.73. The maximum absolute atomic E-state index is 4.03. The van der Waals surface area contributed by atoms with Crippen molar-refractivity contribution in [2.24, 2.45) is 17.8 Å². The van der Waals surface area contributed by atoms with Crippen molar-refractivity contribution in [3.8, 4) is 0 Å². The molecule has 0 spiro atoms. The van der Waals surface area contributed by atoms with E-state index in [9.17, 15) is 0 Å². The van der Waals surface area contributed by atoms with Gasteiger partial charge in [0.05, 0.1) is 0 Å². The minimum Gasteiger partial charge on any atom is -0.311 e. The Balaban J connectivity index is 1.82. The number of likely N-dealkylation sites (tertiary alicyclic amines) is 1. The molecule has 2 bridgehead atoms. The van der Waals surface area contributed by atoms with Crippen LogP contribution in [0.3, 0.4) is 0 Å². The number of hydrogen-bond donors (Lipinski definition) is 1. The van der Waals surface area contributed by atoms with Gasteiger partial charge in [-0.05, 0) is 57.8 Å². The Morgan fingerprint density at radius 3 is 2.10 bits per heavy atom. The van der Waals surface area contributed by atoms with Gasteiger partial charge in [-0.1, -0.05) is 33.1 Å². The lowest BCUT2D eigenvalue weighted by Crippen LogP contribution is -2.59. The molecule has 2 rings (SSSR count). The maximum Gasteiger partial charge on any atom is 0.0150 e. The second kappa shape index (κ2) is 7.97. The average Bonchev–Trinajstić information content (AvgIpc) is 2.37. The third-order valence-electron chi connectivity index (χ3n) is 5.73. The molecule has 21 heavy (non-hydrogen) atoms. The predicted molar refractivity (Wildman–Crippen MR) is 92.6 cm³/mol. The van der Waals surface area contributed by atoms with Crippen LogP contribution in [0, 0.1) is 17.8 Å². The molecule has 3 unspecified atom stereocenters. The Morgan fingerprint density at radius 1 is 0.952 bits per heavy atom. The van der Waals surface area contributed by atoms with Crippen LogP contribution in [0.4, 0.5) is 0 Å². The first kappa shape index (κ1) is 17.3. The lowest BCUT2D eigenvalue weighted by molar-refractivity contribution is 0.0252. The summed E-state index contributed by atoms with van der Waals surface area (Å²) in [6, 6.07) is 2.21. The minimum atomic E-state index is 0.697. The van der Waals surface area contributed by atoms with Gasteiger partial charge in [0, 0.05) is 31.2 Å². The van der Waals surface area contributed by atoms with Gasteiger partial charge in [-0.2, -0.15) is 0 Å². The fourth-order valence-electron chi connectivity index (χ4n) is 4.41. The zero-order valence-electron chi connectivity index (χ0n) is 15.1. The molecule has 1 N–H and O–H groups in total. The molecule has 124 valence electrons. The molecular weight excluding hydrogens is 256 g/mol. The Kier molecular flexibility index (Phi) is 6.55. The number of fused-ring (bicyclic) bond motifs is 2. The number of nitrogens with zero attached hydrogens (tertiary/aromatic N) is 1. The molecule has 1 aliphatic heterocycles. The highest BCUT2D eigenvalue weighted by atomic mass is 15.2. The summed E-state index contributed by atoms with van der Waals surface area (Å²) in [7, 11) is 0. The molecule has 0 aromatic rings. The highest BCUT2D eigenvalue weighted by Gasteiger charge is 2.40. The van der Waals surface area contributed by atoms with Crippen molar-refractivity contribution >= 4 is 0 Å². The summed E-state index contributed by atoms with van der Waals surface area (Å²) in [5.74, 6) is 2.64. The molecule has 1 aliphatic carbocycles. The van der Waals surface area contributed by atoms with Crippen molar-refractivity contribution in [3.63, 3.8) is 0 Å². The number of piperidine rings is 1. The molecule has 0 aromatic carbocycles. The smallest absolute Gasteiger partial charge is 0.0150 e. The van der Waals surface area contributed by atoms with Crippen LogP contribution in [-0.2, 0) is 0 Å². The first-order chi connectivity index (χ1) is 9.97. The van der Waals surface area contributed by atoms with E-state index < -0.39 is 0 Å². The topological polar surface area (TPSA) is 15.3 Å². The average molecular weight is 295 g/mol. The van der Waals surface area contributed by atoms with Gasteiger partial charge in [-0.25, -0.2) is 0 Å². The van der Waals surface area contributed by atoms with Crippen LogP contribution >= 0.6 is 0 Å². The highest BCUT2D eigenvalue weighted by Crippen LogP contribution is 2.36. The van der Waals surface area contributed by atoms with E-state index in [-0.39, 0.29) is 0 Å². The van der Waals surface area contributed by atoms with Crippen molar-refractivity contribution in [3.05, 3.63) is 0 Å². The lowest BCUT2D eigenvalue weighted by Gasteiger charge is -2.50. The van der Waals surface area contributed by atoms with Crippen LogP contribution < -0.4 is 5.32 Å². The Hall–Kier alpha value is -0.0800. The van der Waals surface area contributed by atoms with Crippen molar-refractivity contribution in [2.45, 2.75) is 91.3 Å². The Morgan fingerprint density at radius 2 is 1.57 bits per heavy atom. The standard InChI is InChI=1S/C19H38N2/c1-14(2)8-6-9-16(5)20-19-17-10-7-11-18(19)13-21(12-17)15(3)4/h14-20H,6-13H2,1-5H3. The second-order valence-corrected chi connectivity index (χ2v) is 8.42. The van der Waals surface area contributed by atoms with Crippen LogP contribution in [0.25, 0.3) is 0 Å². The molecule has 2 aliphatic rings. The zero-order chi connectivity index (χ0) is 15.4. The van der Waals surface area contributed by atoms with Crippen LogP contribution in [0.15, 0.2) is 0 Å². The molecule has 0 amide bonds. The normalized spacial score (nSPS) is 31.9. The molecule has 3 atom stereocenters. The SMILES string of the molecule is CC(C)CCCC(C)NC1C2CCCC1CN(C(C)C)C2. The first-order valence-corrected chi connectivity index (χ1v) is 9.47. The van der Waals surface area contributed by atoms with E-state index in [1.807, 2.05) is 0 Å². The summed E-state index contributed by atoms with van der Waals surface area (Å²) in [5.41, 5.74) is 0. The van der Waals surface area contributed by atoms with E-state index in [1.54, 1.807) is 0 Å². The van der Waals surface area contributed by atoms with Crippen molar-refractivity contribution < 1.29 is 0 Å². The molecule has 1 saturated carbocycles. The summed E-state index contributed by atoms with van der Waals surface area (Å²) in [6.45, 7) is 14.4. The maximum atomic E-state index is 4.03. The zero-order valence-corrected chi connectivity index (χ0v) is 15.1. The molecule has 2 fully saturated rings. The molecule has 2 nitrogen and oxygen atoms in total. The molecule has 0 aromatic heterocycles. The Bertz CT molecular complexity index is 286. The van der Waals surface area contributed by atoms with Crippen LogP contribution in [0.2, 0.25) is 0 Å². The highest BCUT2D eigenvalue weighted by molar-refractivity contribution is 4.96. The summed E-state index contributed by atoms with van der Waals surface area (Å²) < 4.78 is 0. The lowest BCUT2D eigenvalue weighted by atomic mass is 9.73. The van der Waals surface area contributed by atoms with E-state index in [4.69, 9.17) is 0 Å². The van der Waals surface area contributed by atoms with Gasteiger partial charge >= 0.3 is 0 Å². The quantitative estimate of drug-likeness (QED) is 0.753. The van der Waals surface area contributed by atoms with Crippen molar-refractivity contribution in [2.75, 3.05) is 13.1 Å². The third kappa shape index (κ3) is 4.96. The van der Waals surface area contributed by atoms with Gasteiger partial charge in [0.2, 0.25) is 0 Å². The van der Waals surface area contributed by atoms with E-state index in [0.29, 0.717) is 6.04 Å². The van der Waals surface area contributed by atoms with Gasteiger partial charge in [0.15, 0.2) is 0 Å². The predicted octanol–water partition coefficient (Wildman–Crippen LogP) is 4.30. The molecule has 0 radical (unpaired) electrons. The monoisotopic (exact) mass is 294 g/mol. The molecule has 2 heteroatoms. The fourth-order valence-corrected chi connectivity index (χ4v) is 4.41. The van der Waals surface area contributed by atoms with E-state index in [1.165, 1.54) is 51.6 Å². The second-order valence-electron chi connectivity index (χ2n) is 8.42. The van der Waals surface area contributed by atoms with E-state index in [0.717, 1.165) is 29.8 Å². The summed E-state index contributed by atoms with van der Waals surface area (Å²) >= 11 is 0. The number of hydrogen-bond acceptors (Lipinski definition) is 2. The summed E-state index contributed by atoms with van der Waals surface area (Å²) in [5, 5.41) is 4.03. The summed E-state index contributed by atoms with van der Waals surface area (Å²) in [6.07, 6.45) is 8.45. The van der Waals surface area contributed by atoms with E-state index in [2.05, 4.69) is 44.8 Å². The van der Waals surface area contributed by atoms with Crippen LogP contribution in [-0.4, -0.2) is 36.1 Å².